The maximum atomic E-state index is 12.5. The number of amides is 1. The zero-order valence-electron chi connectivity index (χ0n) is 12.0. The highest BCUT2D eigenvalue weighted by atomic mass is 16.2. The number of nitrogens with one attached hydrogen (secondary N) is 2. The highest BCUT2D eigenvalue weighted by Gasteiger charge is 2.29. The van der Waals surface area contributed by atoms with Gasteiger partial charge in [0.15, 0.2) is 0 Å². The molecular formula is C14H17N5O2. The molecule has 1 aliphatic rings. The van der Waals surface area contributed by atoms with Crippen LogP contribution in [-0.2, 0) is 6.54 Å². The van der Waals surface area contributed by atoms with Crippen LogP contribution in [0.4, 0.5) is 5.69 Å². The van der Waals surface area contributed by atoms with Gasteiger partial charge in [0.25, 0.3) is 5.91 Å². The van der Waals surface area contributed by atoms with Gasteiger partial charge in [0.1, 0.15) is 0 Å². The van der Waals surface area contributed by atoms with Gasteiger partial charge in [0.05, 0.1) is 0 Å². The summed E-state index contributed by atoms with van der Waals surface area (Å²) < 4.78 is 0. The first-order valence-electron chi connectivity index (χ1n) is 6.81. The minimum Gasteiger partial charge on any atom is -0.372 e. The number of aromatic nitrogens is 3. The Morgan fingerprint density at radius 2 is 2.14 bits per heavy atom. The Morgan fingerprint density at radius 1 is 1.38 bits per heavy atom. The van der Waals surface area contributed by atoms with Crippen molar-refractivity contribution in [2.24, 2.45) is 0 Å². The first-order valence-corrected chi connectivity index (χ1v) is 6.81. The molecule has 3 rings (SSSR count). The van der Waals surface area contributed by atoms with Gasteiger partial charge in [-0.05, 0) is 18.6 Å². The van der Waals surface area contributed by atoms with Crippen molar-refractivity contribution in [1.29, 1.82) is 0 Å². The molecule has 2 heterocycles. The van der Waals surface area contributed by atoms with Crippen LogP contribution in [0.2, 0.25) is 0 Å². The maximum absolute atomic E-state index is 12.5. The quantitative estimate of drug-likeness (QED) is 0.803. The van der Waals surface area contributed by atoms with E-state index in [9.17, 15) is 9.59 Å². The van der Waals surface area contributed by atoms with Gasteiger partial charge in [-0.15, -0.1) is 5.10 Å². The lowest BCUT2D eigenvalue weighted by Crippen LogP contribution is -2.42. The summed E-state index contributed by atoms with van der Waals surface area (Å²) in [6, 6.07) is 8.02. The van der Waals surface area contributed by atoms with Crippen LogP contribution >= 0.6 is 0 Å². The number of anilines is 1. The van der Waals surface area contributed by atoms with E-state index in [2.05, 4.69) is 20.1 Å². The number of H-pyrrole nitrogens is 2. The highest BCUT2D eigenvalue weighted by Crippen LogP contribution is 2.26. The number of benzene rings is 1. The molecular weight excluding hydrogens is 270 g/mol. The molecule has 7 heteroatoms. The molecule has 1 aromatic carbocycles. The molecule has 1 aliphatic heterocycles. The fourth-order valence-electron chi connectivity index (χ4n) is 2.73. The Kier molecular flexibility index (Phi) is 3.25. The van der Waals surface area contributed by atoms with E-state index in [1.54, 1.807) is 4.90 Å². The van der Waals surface area contributed by atoms with E-state index in [-0.39, 0.29) is 17.8 Å². The lowest BCUT2D eigenvalue weighted by Gasteiger charge is -2.27. The number of hydrogen-bond donors (Lipinski definition) is 2. The van der Waals surface area contributed by atoms with Crippen molar-refractivity contribution in [2.45, 2.75) is 19.5 Å². The summed E-state index contributed by atoms with van der Waals surface area (Å²) >= 11 is 0. The molecule has 110 valence electrons. The smallest absolute Gasteiger partial charge is 0.341 e. The average Bonchev–Trinajstić information content (AvgIpc) is 2.85. The Morgan fingerprint density at radius 3 is 2.86 bits per heavy atom. The molecule has 0 bridgehead atoms. The molecule has 0 saturated carbocycles. The second kappa shape index (κ2) is 5.08. The zero-order valence-corrected chi connectivity index (χ0v) is 12.0. The maximum Gasteiger partial charge on any atom is 0.341 e. The van der Waals surface area contributed by atoms with Gasteiger partial charge in [-0.1, -0.05) is 18.2 Å². The van der Waals surface area contributed by atoms with Gasteiger partial charge in [-0.2, -0.15) is 0 Å². The number of hydrogen-bond acceptors (Lipinski definition) is 4. The van der Waals surface area contributed by atoms with Gasteiger partial charge in [-0.3, -0.25) is 9.78 Å². The van der Waals surface area contributed by atoms with E-state index in [1.807, 2.05) is 38.2 Å². The molecule has 1 aromatic heterocycles. The van der Waals surface area contributed by atoms with Gasteiger partial charge in [-0.25, -0.2) is 9.89 Å². The van der Waals surface area contributed by atoms with Crippen LogP contribution in [0.5, 0.6) is 0 Å². The van der Waals surface area contributed by atoms with E-state index in [4.69, 9.17) is 0 Å². The van der Waals surface area contributed by atoms with Crippen LogP contribution in [0, 0.1) is 0 Å². The van der Waals surface area contributed by atoms with Crippen molar-refractivity contribution in [1.82, 2.24) is 20.1 Å². The normalized spacial score (nSPS) is 18.3. The lowest BCUT2D eigenvalue weighted by molar-refractivity contribution is 0.0675. The van der Waals surface area contributed by atoms with Crippen LogP contribution in [0.3, 0.4) is 0 Å². The molecule has 1 amide bonds. The zero-order chi connectivity index (χ0) is 15.0. The van der Waals surface area contributed by atoms with Crippen molar-refractivity contribution < 1.29 is 4.79 Å². The molecule has 21 heavy (non-hydrogen) atoms. The number of nitrogens with zero attached hydrogens (tertiary/aromatic N) is 3. The molecule has 0 aliphatic carbocycles. The number of likely N-dealkylation sites (N-methyl/N-ethyl adjacent to an activating group) is 1. The monoisotopic (exact) mass is 287 g/mol. The van der Waals surface area contributed by atoms with E-state index < -0.39 is 5.69 Å². The standard InChI is InChI=1S/C14H17N5O2/c1-9-7-18(2)11-6-4-3-5-10(11)8-19(9)13(20)12-15-14(21)17-16-12/h3-6,9H,7-8H2,1-2H3,(H2,15,16,17,21). The van der Waals surface area contributed by atoms with Crippen LogP contribution < -0.4 is 10.6 Å². The summed E-state index contributed by atoms with van der Waals surface area (Å²) in [4.78, 5) is 30.0. The third kappa shape index (κ3) is 2.42. The first kappa shape index (κ1) is 13.4. The fraction of sp³-hybridized carbons (Fsp3) is 0.357. The summed E-state index contributed by atoms with van der Waals surface area (Å²) in [5.74, 6) is -0.222. The number of carbonyl (C=O) groups is 1. The average molecular weight is 287 g/mol. The number of fused-ring (bicyclic) bond motifs is 1. The summed E-state index contributed by atoms with van der Waals surface area (Å²) in [7, 11) is 2.01. The molecule has 0 saturated heterocycles. The molecule has 7 nitrogen and oxygen atoms in total. The number of aromatic amines is 2. The van der Waals surface area contributed by atoms with Crippen molar-refractivity contribution in [3.8, 4) is 0 Å². The van der Waals surface area contributed by atoms with Crippen molar-refractivity contribution in [3.63, 3.8) is 0 Å². The summed E-state index contributed by atoms with van der Waals surface area (Å²) in [5.41, 5.74) is 1.73. The van der Waals surface area contributed by atoms with Gasteiger partial charge in [0.2, 0.25) is 5.82 Å². The summed E-state index contributed by atoms with van der Waals surface area (Å²) in [6.07, 6.45) is 0. The van der Waals surface area contributed by atoms with Crippen LogP contribution in [0.1, 0.15) is 23.1 Å². The van der Waals surface area contributed by atoms with E-state index in [1.165, 1.54) is 0 Å². The Balaban J connectivity index is 1.96. The van der Waals surface area contributed by atoms with E-state index >= 15 is 0 Å². The van der Waals surface area contributed by atoms with Gasteiger partial charge >= 0.3 is 5.69 Å². The summed E-state index contributed by atoms with van der Waals surface area (Å²) in [5, 5.41) is 5.96. The van der Waals surface area contributed by atoms with Crippen LogP contribution in [-0.4, -0.2) is 45.6 Å². The molecule has 0 spiro atoms. The Hall–Kier alpha value is -2.57. The van der Waals surface area contributed by atoms with Crippen LogP contribution in [0.25, 0.3) is 0 Å². The molecule has 1 atom stereocenters. The molecule has 1 unspecified atom stereocenters. The number of rotatable bonds is 1. The van der Waals surface area contributed by atoms with Crippen LogP contribution in [0.15, 0.2) is 29.1 Å². The lowest BCUT2D eigenvalue weighted by atomic mass is 10.1. The SMILES string of the molecule is CC1CN(C)c2ccccc2CN1C(=O)c1n[nH]c(=O)[nH]1. The Bertz CT molecular complexity index is 720. The third-order valence-corrected chi connectivity index (χ3v) is 3.78. The van der Waals surface area contributed by atoms with Gasteiger partial charge < -0.3 is 9.80 Å². The van der Waals surface area contributed by atoms with Crippen molar-refractivity contribution in [2.75, 3.05) is 18.5 Å². The minimum absolute atomic E-state index is 0.00935. The topological polar surface area (TPSA) is 85.1 Å². The van der Waals surface area contributed by atoms with E-state index in [0.29, 0.717) is 6.54 Å². The van der Waals surface area contributed by atoms with E-state index in [0.717, 1.165) is 17.8 Å². The molecule has 2 aromatic rings. The van der Waals surface area contributed by atoms with Crippen molar-refractivity contribution in [3.05, 3.63) is 46.1 Å². The second-order valence-corrected chi connectivity index (χ2v) is 5.32. The molecule has 0 fully saturated rings. The highest BCUT2D eigenvalue weighted by molar-refractivity contribution is 5.90. The first-order chi connectivity index (χ1) is 10.1. The van der Waals surface area contributed by atoms with Crippen molar-refractivity contribution >= 4 is 11.6 Å². The minimum atomic E-state index is -0.474. The predicted octanol–water partition coefficient (Wildman–Crippen LogP) is 0.579. The fourth-order valence-corrected chi connectivity index (χ4v) is 2.73. The molecule has 2 N–H and O–H groups in total. The summed E-state index contributed by atoms with van der Waals surface area (Å²) in [6.45, 7) is 3.21. The largest absolute Gasteiger partial charge is 0.372 e. The number of carbonyl (C=O) groups excluding carboxylic acids is 1. The van der Waals surface area contributed by atoms with Gasteiger partial charge in [0, 0.05) is 31.9 Å². The molecule has 0 radical (unpaired) electrons. The second-order valence-electron chi connectivity index (χ2n) is 5.32. The third-order valence-electron chi connectivity index (χ3n) is 3.78. The Labute approximate surface area is 121 Å². The number of para-hydroxylation sites is 1. The predicted molar refractivity (Wildman–Crippen MR) is 78.3 cm³/mol.